The molecule has 166 valence electrons. The van der Waals surface area contributed by atoms with E-state index in [-0.39, 0.29) is 11.3 Å². The summed E-state index contributed by atoms with van der Waals surface area (Å²) in [6.45, 7) is 6.36. The SMILES string of the molecule is C=CCc1c(C2CC2c2ccccc2)oc2ccc(C(=O)OCCCCCC)cc2c1=O. The first kappa shape index (κ1) is 22.1. The highest BCUT2D eigenvalue weighted by Gasteiger charge is 2.43. The number of rotatable bonds is 10. The lowest BCUT2D eigenvalue weighted by Gasteiger charge is -2.10. The number of unbranched alkanes of at least 4 members (excludes halogenated alkanes) is 3. The second kappa shape index (κ2) is 9.99. The molecule has 2 unspecified atom stereocenters. The van der Waals surface area contributed by atoms with Gasteiger partial charge in [-0.15, -0.1) is 6.58 Å². The van der Waals surface area contributed by atoms with Crippen LogP contribution in [0.1, 0.15) is 78.1 Å². The van der Waals surface area contributed by atoms with E-state index in [1.54, 1.807) is 24.3 Å². The van der Waals surface area contributed by atoms with Crippen molar-refractivity contribution in [3.05, 3.63) is 93.9 Å². The average Bonchev–Trinajstić information content (AvgIpc) is 3.62. The highest BCUT2D eigenvalue weighted by atomic mass is 16.5. The van der Waals surface area contributed by atoms with Crippen LogP contribution in [0.15, 0.2) is 70.4 Å². The van der Waals surface area contributed by atoms with Crippen LogP contribution in [-0.4, -0.2) is 12.6 Å². The van der Waals surface area contributed by atoms with Crippen LogP contribution in [0.3, 0.4) is 0 Å². The Bertz CT molecular complexity index is 1160. The third-order valence-electron chi connectivity index (χ3n) is 6.19. The minimum absolute atomic E-state index is 0.0857. The van der Waals surface area contributed by atoms with Crippen molar-refractivity contribution in [1.82, 2.24) is 0 Å². The largest absolute Gasteiger partial charge is 0.462 e. The van der Waals surface area contributed by atoms with Gasteiger partial charge in [0.2, 0.25) is 0 Å². The van der Waals surface area contributed by atoms with E-state index >= 15 is 0 Å². The molecule has 1 aromatic heterocycles. The topological polar surface area (TPSA) is 56.5 Å². The van der Waals surface area contributed by atoms with Crippen LogP contribution in [0.25, 0.3) is 11.0 Å². The highest BCUT2D eigenvalue weighted by molar-refractivity contribution is 5.94. The molecule has 0 bridgehead atoms. The average molecular weight is 431 g/mol. The third-order valence-corrected chi connectivity index (χ3v) is 6.19. The molecule has 0 N–H and O–H groups in total. The molecule has 4 nitrogen and oxygen atoms in total. The summed E-state index contributed by atoms with van der Waals surface area (Å²) >= 11 is 0. The van der Waals surface area contributed by atoms with E-state index in [2.05, 4.69) is 25.6 Å². The zero-order chi connectivity index (χ0) is 22.5. The van der Waals surface area contributed by atoms with Crippen molar-refractivity contribution in [3.8, 4) is 0 Å². The summed E-state index contributed by atoms with van der Waals surface area (Å²) in [7, 11) is 0. The number of benzene rings is 2. The number of ether oxygens (including phenoxy) is 1. The van der Waals surface area contributed by atoms with Crippen molar-refractivity contribution in [3.63, 3.8) is 0 Å². The van der Waals surface area contributed by atoms with Crippen LogP contribution in [0.2, 0.25) is 0 Å². The van der Waals surface area contributed by atoms with Gasteiger partial charge in [-0.2, -0.15) is 0 Å². The van der Waals surface area contributed by atoms with Crippen LogP contribution in [0.4, 0.5) is 0 Å². The zero-order valence-electron chi connectivity index (χ0n) is 18.6. The van der Waals surface area contributed by atoms with Crippen molar-refractivity contribution in [1.29, 1.82) is 0 Å². The van der Waals surface area contributed by atoms with Gasteiger partial charge in [0.1, 0.15) is 11.3 Å². The van der Waals surface area contributed by atoms with Crippen LogP contribution >= 0.6 is 0 Å². The molecular formula is C28H30O4. The summed E-state index contributed by atoms with van der Waals surface area (Å²) in [4.78, 5) is 25.8. The van der Waals surface area contributed by atoms with Gasteiger partial charge in [0, 0.05) is 11.5 Å². The predicted octanol–water partition coefficient (Wildman–Crippen LogP) is 6.53. The van der Waals surface area contributed by atoms with Crippen molar-refractivity contribution >= 4 is 16.9 Å². The minimum atomic E-state index is -0.400. The van der Waals surface area contributed by atoms with Crippen LogP contribution in [0, 0.1) is 0 Å². The molecule has 1 heterocycles. The molecule has 1 aliphatic rings. The van der Waals surface area contributed by atoms with Crippen LogP contribution in [-0.2, 0) is 11.2 Å². The quantitative estimate of drug-likeness (QED) is 0.208. The van der Waals surface area contributed by atoms with Gasteiger partial charge in [-0.05, 0) is 48.9 Å². The Labute approximate surface area is 188 Å². The molecule has 0 amide bonds. The Hall–Kier alpha value is -3.14. The van der Waals surface area contributed by atoms with Crippen molar-refractivity contribution < 1.29 is 13.9 Å². The van der Waals surface area contributed by atoms with E-state index in [1.165, 1.54) is 5.56 Å². The Morgan fingerprint density at radius 3 is 2.69 bits per heavy atom. The molecule has 3 aromatic rings. The molecule has 2 aromatic carbocycles. The summed E-state index contributed by atoms with van der Waals surface area (Å²) in [5.74, 6) is 0.908. The second-order valence-electron chi connectivity index (χ2n) is 8.53. The minimum Gasteiger partial charge on any atom is -0.462 e. The fraction of sp³-hybridized carbons (Fsp3) is 0.357. The molecule has 1 saturated carbocycles. The molecular weight excluding hydrogens is 400 g/mol. The first-order valence-electron chi connectivity index (χ1n) is 11.6. The molecule has 0 spiro atoms. The molecule has 1 aliphatic carbocycles. The lowest BCUT2D eigenvalue weighted by molar-refractivity contribution is 0.0498. The molecule has 4 rings (SSSR count). The van der Waals surface area contributed by atoms with Gasteiger partial charge in [0.05, 0.1) is 17.6 Å². The van der Waals surface area contributed by atoms with Gasteiger partial charge in [-0.3, -0.25) is 4.79 Å². The normalized spacial score (nSPS) is 17.3. The standard InChI is InChI=1S/C28H30O4/c1-3-5-6-10-16-31-28(30)20-14-15-25-24(17-20)26(29)21(11-4-2)27(32-25)23-18-22(23)19-12-8-7-9-13-19/h4,7-9,12-15,17,22-23H,2-3,5-6,10-11,16,18H2,1H3. The van der Waals surface area contributed by atoms with Crippen LogP contribution in [0.5, 0.6) is 0 Å². The van der Waals surface area contributed by atoms with E-state index in [0.29, 0.717) is 41.0 Å². The molecule has 0 aliphatic heterocycles. The lowest BCUT2D eigenvalue weighted by atomic mass is 10.0. The Morgan fingerprint density at radius 2 is 1.94 bits per heavy atom. The molecule has 0 radical (unpaired) electrons. The molecule has 0 saturated heterocycles. The van der Waals surface area contributed by atoms with Gasteiger partial charge in [0.25, 0.3) is 0 Å². The van der Waals surface area contributed by atoms with E-state index in [4.69, 9.17) is 9.15 Å². The summed E-state index contributed by atoms with van der Waals surface area (Å²) in [5, 5.41) is 0.419. The molecule has 4 heteroatoms. The van der Waals surface area contributed by atoms with E-state index in [9.17, 15) is 9.59 Å². The summed E-state index contributed by atoms with van der Waals surface area (Å²) in [6, 6.07) is 15.3. The molecule has 1 fully saturated rings. The zero-order valence-corrected chi connectivity index (χ0v) is 18.6. The Kier molecular flexibility index (Phi) is 6.89. The van der Waals surface area contributed by atoms with Gasteiger partial charge in [0.15, 0.2) is 5.43 Å². The van der Waals surface area contributed by atoms with Crippen molar-refractivity contribution in [2.75, 3.05) is 6.61 Å². The number of hydrogen-bond donors (Lipinski definition) is 0. The Balaban J connectivity index is 1.60. The number of fused-ring (bicyclic) bond motifs is 1. The summed E-state index contributed by atoms with van der Waals surface area (Å²) < 4.78 is 11.7. The molecule has 32 heavy (non-hydrogen) atoms. The van der Waals surface area contributed by atoms with Gasteiger partial charge in [-0.25, -0.2) is 4.79 Å². The maximum atomic E-state index is 13.4. The number of carbonyl (C=O) groups excluding carboxylic acids is 1. The lowest BCUT2D eigenvalue weighted by Crippen LogP contribution is -2.14. The molecule has 2 atom stereocenters. The maximum Gasteiger partial charge on any atom is 0.338 e. The van der Waals surface area contributed by atoms with E-state index < -0.39 is 5.97 Å². The third kappa shape index (κ3) is 4.69. The monoisotopic (exact) mass is 430 g/mol. The highest BCUT2D eigenvalue weighted by Crippen LogP contribution is 2.55. The number of allylic oxidation sites excluding steroid dienone is 1. The predicted molar refractivity (Wildman–Crippen MR) is 127 cm³/mol. The number of hydrogen-bond acceptors (Lipinski definition) is 4. The summed E-state index contributed by atoms with van der Waals surface area (Å²) in [6.07, 6.45) is 7.31. The number of esters is 1. The summed E-state index contributed by atoms with van der Waals surface area (Å²) in [5.41, 5.74) is 2.71. The fourth-order valence-corrected chi connectivity index (χ4v) is 4.35. The van der Waals surface area contributed by atoms with Gasteiger partial charge in [-0.1, -0.05) is 62.6 Å². The van der Waals surface area contributed by atoms with Crippen molar-refractivity contribution in [2.24, 2.45) is 0 Å². The first-order chi connectivity index (χ1) is 15.6. The maximum absolute atomic E-state index is 13.4. The van der Waals surface area contributed by atoms with Crippen LogP contribution < -0.4 is 5.43 Å². The number of carbonyl (C=O) groups is 1. The van der Waals surface area contributed by atoms with E-state index in [0.717, 1.165) is 37.9 Å². The fourth-order valence-electron chi connectivity index (χ4n) is 4.35. The second-order valence-corrected chi connectivity index (χ2v) is 8.53. The van der Waals surface area contributed by atoms with Gasteiger partial charge < -0.3 is 9.15 Å². The smallest absolute Gasteiger partial charge is 0.338 e. The Morgan fingerprint density at radius 1 is 1.12 bits per heavy atom. The van der Waals surface area contributed by atoms with Crippen molar-refractivity contribution in [2.45, 2.75) is 57.3 Å². The van der Waals surface area contributed by atoms with Gasteiger partial charge >= 0.3 is 5.97 Å². The van der Waals surface area contributed by atoms with E-state index in [1.807, 2.05) is 18.2 Å². The first-order valence-corrected chi connectivity index (χ1v) is 11.6.